The molecule has 1 aromatic heterocycles. The van der Waals surface area contributed by atoms with Crippen LogP contribution in [0.4, 0.5) is 0 Å². The van der Waals surface area contributed by atoms with Crippen molar-refractivity contribution in [3.63, 3.8) is 0 Å². The average molecular weight is 358 g/mol. The van der Waals surface area contributed by atoms with Crippen molar-refractivity contribution in [3.8, 4) is 5.75 Å². The number of nitrogens with one attached hydrogen (secondary N) is 1. The number of benzene rings is 2. The molecule has 0 bridgehead atoms. The zero-order chi connectivity index (χ0) is 18.4. The van der Waals surface area contributed by atoms with Gasteiger partial charge in [-0.2, -0.15) is 0 Å². The second-order valence-electron chi connectivity index (χ2n) is 8.21. The van der Waals surface area contributed by atoms with Gasteiger partial charge in [0.25, 0.3) is 0 Å². The molecule has 1 aliphatic carbocycles. The molecule has 0 saturated carbocycles. The van der Waals surface area contributed by atoms with Gasteiger partial charge >= 0.3 is 0 Å². The first-order valence-corrected chi connectivity index (χ1v) is 9.91. The maximum Gasteiger partial charge on any atom is 0.115 e. The summed E-state index contributed by atoms with van der Waals surface area (Å²) in [5.41, 5.74) is 5.49. The SMILES string of the molecule is C=CCN1CC[C@]2(c3cccc(O)c3)Cc3[nH]c4ccccc4c3CC2C1. The number of phenolic OH excluding ortho intramolecular Hbond substituents is 1. The maximum atomic E-state index is 10.1. The van der Waals surface area contributed by atoms with Crippen LogP contribution in [0.3, 0.4) is 0 Å². The molecule has 2 aromatic carbocycles. The van der Waals surface area contributed by atoms with Crippen LogP contribution >= 0.6 is 0 Å². The fourth-order valence-electron chi connectivity index (χ4n) is 5.48. The number of aromatic hydroxyl groups is 1. The molecule has 3 heteroatoms. The van der Waals surface area contributed by atoms with Crippen LogP contribution in [0.15, 0.2) is 61.2 Å². The molecule has 1 unspecified atom stereocenters. The first-order valence-electron chi connectivity index (χ1n) is 9.91. The molecule has 2 aliphatic rings. The summed E-state index contributed by atoms with van der Waals surface area (Å²) in [6.07, 6.45) is 5.24. The number of piperidine rings is 1. The fraction of sp³-hybridized carbons (Fsp3) is 0.333. The van der Waals surface area contributed by atoms with Gasteiger partial charge in [0.1, 0.15) is 5.75 Å². The zero-order valence-corrected chi connectivity index (χ0v) is 15.6. The summed E-state index contributed by atoms with van der Waals surface area (Å²) in [7, 11) is 0. The molecule has 5 rings (SSSR count). The lowest BCUT2D eigenvalue weighted by atomic mass is 9.58. The fourth-order valence-corrected chi connectivity index (χ4v) is 5.48. The summed E-state index contributed by atoms with van der Waals surface area (Å²) in [4.78, 5) is 6.23. The predicted molar refractivity (Wildman–Crippen MR) is 110 cm³/mol. The first kappa shape index (κ1) is 16.6. The summed E-state index contributed by atoms with van der Waals surface area (Å²) >= 11 is 0. The van der Waals surface area contributed by atoms with Gasteiger partial charge in [-0.25, -0.2) is 0 Å². The lowest BCUT2D eigenvalue weighted by Crippen LogP contribution is -2.53. The number of rotatable bonds is 3. The summed E-state index contributed by atoms with van der Waals surface area (Å²) in [5.74, 6) is 0.913. The van der Waals surface area contributed by atoms with Crippen LogP contribution in [0, 0.1) is 5.92 Å². The molecule has 3 aromatic rings. The van der Waals surface area contributed by atoms with E-state index in [0.29, 0.717) is 11.7 Å². The number of likely N-dealkylation sites (tertiary alicyclic amines) is 1. The Kier molecular flexibility index (Phi) is 3.87. The van der Waals surface area contributed by atoms with Crippen LogP contribution < -0.4 is 0 Å². The van der Waals surface area contributed by atoms with Crippen LogP contribution in [-0.4, -0.2) is 34.6 Å². The van der Waals surface area contributed by atoms with E-state index in [1.165, 1.54) is 27.7 Å². The normalized spacial score (nSPS) is 25.1. The van der Waals surface area contributed by atoms with E-state index in [1.807, 2.05) is 18.2 Å². The van der Waals surface area contributed by atoms with Crippen LogP contribution in [0.2, 0.25) is 0 Å². The van der Waals surface area contributed by atoms with E-state index in [-0.39, 0.29) is 5.41 Å². The van der Waals surface area contributed by atoms with Crippen molar-refractivity contribution in [1.29, 1.82) is 0 Å². The van der Waals surface area contributed by atoms with Crippen LogP contribution in [0.1, 0.15) is 23.2 Å². The standard InChI is InChI=1S/C24H26N2O/c1-2-11-26-12-10-24(17-6-5-7-19(27)13-17)15-23-21(14-18(24)16-26)20-8-3-4-9-22(20)25-23/h2-9,13,18,25,27H,1,10-12,14-16H2/t18?,24-/m1/s1. The molecule has 138 valence electrons. The Labute approximate surface area is 160 Å². The highest BCUT2D eigenvalue weighted by Crippen LogP contribution is 2.49. The highest BCUT2D eigenvalue weighted by molar-refractivity contribution is 5.85. The Morgan fingerprint density at radius 1 is 1.22 bits per heavy atom. The second-order valence-corrected chi connectivity index (χ2v) is 8.21. The molecule has 1 aliphatic heterocycles. The minimum atomic E-state index is 0.0876. The predicted octanol–water partition coefficient (Wildman–Crippen LogP) is 4.42. The number of nitrogens with zero attached hydrogens (tertiary/aromatic N) is 1. The smallest absolute Gasteiger partial charge is 0.115 e. The Morgan fingerprint density at radius 3 is 2.96 bits per heavy atom. The highest BCUT2D eigenvalue weighted by Gasteiger charge is 2.47. The molecule has 2 heterocycles. The molecular weight excluding hydrogens is 332 g/mol. The van der Waals surface area contributed by atoms with Gasteiger partial charge in [0, 0.05) is 35.1 Å². The number of para-hydroxylation sites is 1. The lowest BCUT2D eigenvalue weighted by molar-refractivity contribution is 0.0896. The van der Waals surface area contributed by atoms with Crippen molar-refractivity contribution in [3.05, 3.63) is 78.0 Å². The van der Waals surface area contributed by atoms with Gasteiger partial charge in [-0.1, -0.05) is 36.4 Å². The van der Waals surface area contributed by atoms with Crippen LogP contribution in [0.25, 0.3) is 10.9 Å². The maximum absolute atomic E-state index is 10.1. The Bertz CT molecular complexity index is 1000. The highest BCUT2D eigenvalue weighted by atomic mass is 16.3. The van der Waals surface area contributed by atoms with Crippen LogP contribution in [0.5, 0.6) is 5.75 Å². The van der Waals surface area contributed by atoms with E-state index in [9.17, 15) is 5.11 Å². The number of hydrogen-bond donors (Lipinski definition) is 2. The number of aromatic nitrogens is 1. The van der Waals surface area contributed by atoms with Gasteiger partial charge in [0.15, 0.2) is 0 Å². The number of H-pyrrole nitrogens is 1. The molecule has 0 radical (unpaired) electrons. The summed E-state index contributed by atoms with van der Waals surface area (Å²) < 4.78 is 0. The largest absolute Gasteiger partial charge is 0.508 e. The van der Waals surface area contributed by atoms with Crippen molar-refractivity contribution < 1.29 is 5.11 Å². The van der Waals surface area contributed by atoms with E-state index in [0.717, 1.165) is 38.9 Å². The molecule has 0 amide bonds. The average Bonchev–Trinajstić information content (AvgIpc) is 3.03. The molecule has 2 N–H and O–H groups in total. The zero-order valence-electron chi connectivity index (χ0n) is 15.6. The number of phenols is 1. The van der Waals surface area contributed by atoms with E-state index < -0.39 is 0 Å². The lowest BCUT2D eigenvalue weighted by Gasteiger charge is -2.51. The van der Waals surface area contributed by atoms with Gasteiger partial charge < -0.3 is 10.1 Å². The van der Waals surface area contributed by atoms with Gasteiger partial charge in [0.2, 0.25) is 0 Å². The van der Waals surface area contributed by atoms with Crippen molar-refractivity contribution in [2.24, 2.45) is 5.92 Å². The molecule has 1 fully saturated rings. The molecule has 2 atom stereocenters. The minimum Gasteiger partial charge on any atom is -0.508 e. The monoisotopic (exact) mass is 358 g/mol. The Hall–Kier alpha value is -2.52. The Morgan fingerprint density at radius 2 is 2.11 bits per heavy atom. The van der Waals surface area contributed by atoms with Gasteiger partial charge in [0.05, 0.1) is 0 Å². The van der Waals surface area contributed by atoms with Crippen molar-refractivity contribution in [2.45, 2.75) is 24.7 Å². The molecule has 1 saturated heterocycles. The van der Waals surface area contributed by atoms with Crippen LogP contribution in [-0.2, 0) is 18.3 Å². The topological polar surface area (TPSA) is 39.3 Å². The summed E-state index contributed by atoms with van der Waals surface area (Å²) in [6, 6.07) is 16.6. The quantitative estimate of drug-likeness (QED) is 0.681. The van der Waals surface area contributed by atoms with E-state index >= 15 is 0 Å². The summed E-state index contributed by atoms with van der Waals surface area (Å²) in [6.45, 7) is 7.05. The molecule has 27 heavy (non-hydrogen) atoms. The van der Waals surface area contributed by atoms with Gasteiger partial charge in [-0.05, 0) is 61.1 Å². The number of fused-ring (bicyclic) bond motifs is 4. The minimum absolute atomic E-state index is 0.0876. The van der Waals surface area contributed by atoms with Crippen molar-refractivity contribution in [2.75, 3.05) is 19.6 Å². The third kappa shape index (κ3) is 2.61. The molecule has 3 nitrogen and oxygen atoms in total. The van der Waals surface area contributed by atoms with E-state index in [1.54, 1.807) is 6.07 Å². The van der Waals surface area contributed by atoms with E-state index in [2.05, 4.69) is 46.8 Å². The van der Waals surface area contributed by atoms with Crippen molar-refractivity contribution in [1.82, 2.24) is 9.88 Å². The third-order valence-corrected chi connectivity index (χ3v) is 6.79. The molecular formula is C24H26N2O. The molecule has 0 spiro atoms. The first-order chi connectivity index (χ1) is 13.2. The number of hydrogen-bond acceptors (Lipinski definition) is 2. The third-order valence-electron chi connectivity index (χ3n) is 6.79. The van der Waals surface area contributed by atoms with Gasteiger partial charge in [-0.15, -0.1) is 6.58 Å². The van der Waals surface area contributed by atoms with Gasteiger partial charge in [-0.3, -0.25) is 4.90 Å². The number of aromatic amines is 1. The Balaban J connectivity index is 1.64. The van der Waals surface area contributed by atoms with Crippen molar-refractivity contribution >= 4 is 10.9 Å². The second kappa shape index (κ2) is 6.28. The summed E-state index contributed by atoms with van der Waals surface area (Å²) in [5, 5.41) is 11.5. The van der Waals surface area contributed by atoms with E-state index in [4.69, 9.17) is 0 Å².